The van der Waals surface area contributed by atoms with Crippen LogP contribution in [0.5, 0.6) is 0 Å². The van der Waals surface area contributed by atoms with Crippen molar-refractivity contribution in [3.63, 3.8) is 0 Å². The van der Waals surface area contributed by atoms with Gasteiger partial charge >= 0.3 is 0 Å². The van der Waals surface area contributed by atoms with Crippen molar-refractivity contribution in [3.8, 4) is 0 Å². The fourth-order valence-corrected chi connectivity index (χ4v) is 3.47. The Morgan fingerprint density at radius 2 is 1.74 bits per heavy atom. The van der Waals surface area contributed by atoms with E-state index in [9.17, 15) is 15.3 Å². The van der Waals surface area contributed by atoms with Gasteiger partial charge in [-0.25, -0.2) is 0 Å². The van der Waals surface area contributed by atoms with Crippen LogP contribution in [-0.2, 0) is 4.74 Å². The summed E-state index contributed by atoms with van der Waals surface area (Å²) in [6.07, 6.45) is -4.84. The van der Waals surface area contributed by atoms with Gasteiger partial charge in [0.2, 0.25) is 0 Å². The molecule has 4 N–H and O–H groups in total. The van der Waals surface area contributed by atoms with Crippen LogP contribution in [0.25, 0.3) is 0 Å². The van der Waals surface area contributed by atoms with Gasteiger partial charge < -0.3 is 30.1 Å². The number of hydrogen-bond acceptors (Lipinski definition) is 7. The Morgan fingerprint density at radius 1 is 1.16 bits per heavy atom. The second-order valence-electron chi connectivity index (χ2n) is 4.25. The number of ether oxygens (including phenoxy) is 1. The number of rotatable bonds is 4. The molecule has 8 heteroatoms. The summed E-state index contributed by atoms with van der Waals surface area (Å²) in [6, 6.07) is 0. The molecule has 0 radical (unpaired) electrons. The number of thiocarbonyl (C=S) groups is 1. The molecule has 1 rings (SSSR count). The molecule has 5 atom stereocenters. The molecule has 0 spiro atoms. The van der Waals surface area contributed by atoms with E-state index in [0.717, 1.165) is 24.9 Å². The lowest BCUT2D eigenvalue weighted by atomic mass is 10.0. The van der Waals surface area contributed by atoms with Gasteiger partial charge in [0.25, 0.3) is 0 Å². The minimum absolute atomic E-state index is 0.431. The predicted octanol–water partition coefficient (Wildman–Crippen LogP) is -0.854. The van der Waals surface area contributed by atoms with Crippen molar-refractivity contribution in [3.05, 3.63) is 0 Å². The second kappa shape index (κ2) is 7.72. The second-order valence-corrected chi connectivity index (χ2v) is 5.99. The molecule has 0 amide bonds. The quantitative estimate of drug-likeness (QED) is 0.499. The molecule has 112 valence electrons. The highest BCUT2D eigenvalue weighted by molar-refractivity contribution is 8.23. The van der Waals surface area contributed by atoms with E-state index in [0.29, 0.717) is 4.32 Å². The highest BCUT2D eigenvalue weighted by Gasteiger charge is 2.44. The summed E-state index contributed by atoms with van der Waals surface area (Å²) < 4.78 is 5.93. The Kier molecular flexibility index (Phi) is 6.95. The van der Waals surface area contributed by atoms with E-state index in [-0.39, 0.29) is 0 Å². The molecule has 0 aromatic carbocycles. The van der Waals surface area contributed by atoms with E-state index in [4.69, 9.17) is 22.1 Å². The first kappa shape index (κ1) is 17.1. The molecule has 6 nitrogen and oxygen atoms in total. The number of aliphatic hydroxyl groups is 4. The Labute approximate surface area is 122 Å². The van der Waals surface area contributed by atoms with Crippen LogP contribution in [0.15, 0.2) is 0 Å². The molecule has 1 saturated heterocycles. The largest absolute Gasteiger partial charge is 0.394 e. The molecule has 0 bridgehead atoms. The van der Waals surface area contributed by atoms with Gasteiger partial charge in [0.15, 0.2) is 0 Å². The first-order chi connectivity index (χ1) is 8.96. The van der Waals surface area contributed by atoms with Gasteiger partial charge in [-0.1, -0.05) is 24.0 Å². The minimum atomic E-state index is -1.36. The van der Waals surface area contributed by atoms with Crippen molar-refractivity contribution in [2.24, 2.45) is 0 Å². The summed E-state index contributed by atoms with van der Waals surface area (Å²) in [5.74, 6) is 0. The summed E-state index contributed by atoms with van der Waals surface area (Å²) in [5, 5.41) is 38.3. The van der Waals surface area contributed by atoms with Crippen molar-refractivity contribution < 1.29 is 25.2 Å². The Bertz CT molecular complexity index is 301. The molecule has 1 aliphatic heterocycles. The molecule has 19 heavy (non-hydrogen) atoms. The van der Waals surface area contributed by atoms with Crippen LogP contribution in [0.3, 0.4) is 0 Å². The summed E-state index contributed by atoms with van der Waals surface area (Å²) in [6.45, 7) is 4.97. The van der Waals surface area contributed by atoms with Crippen molar-refractivity contribution in [1.82, 2.24) is 4.90 Å². The highest BCUT2D eigenvalue weighted by atomic mass is 32.2. The zero-order valence-electron chi connectivity index (χ0n) is 11.0. The molecule has 0 aliphatic carbocycles. The molecule has 1 fully saturated rings. The van der Waals surface area contributed by atoms with Gasteiger partial charge in [-0.2, -0.15) is 0 Å². The van der Waals surface area contributed by atoms with Gasteiger partial charge in [-0.3, -0.25) is 0 Å². The van der Waals surface area contributed by atoms with Crippen molar-refractivity contribution in [2.75, 3.05) is 19.7 Å². The van der Waals surface area contributed by atoms with Crippen molar-refractivity contribution in [1.29, 1.82) is 0 Å². The maximum Gasteiger partial charge on any atom is 0.139 e. The molecular formula is C11H21NO5S2. The Morgan fingerprint density at radius 3 is 2.21 bits per heavy atom. The number of hydrogen-bond donors (Lipinski definition) is 4. The standard InChI is InChI=1S/C11H21NO5S2/c1-3-12(4-2)11(18)19-10-9(16)8(15)7(14)6(5-13)17-10/h6-10,13-16H,3-5H2,1-2H3/t6?,7-,8?,9-,10?/m1/s1. The molecule has 3 unspecified atom stereocenters. The summed E-state index contributed by atoms with van der Waals surface area (Å²) >= 11 is 6.36. The molecule has 0 aromatic heterocycles. The van der Waals surface area contributed by atoms with Crippen LogP contribution in [0.1, 0.15) is 13.8 Å². The van der Waals surface area contributed by atoms with E-state index < -0.39 is 36.5 Å². The fourth-order valence-electron chi connectivity index (χ4n) is 1.82. The van der Waals surface area contributed by atoms with E-state index in [1.165, 1.54) is 0 Å². The van der Waals surface area contributed by atoms with Crippen LogP contribution in [0, 0.1) is 0 Å². The molecule has 0 saturated carbocycles. The Balaban J connectivity index is 2.69. The number of aliphatic hydroxyl groups excluding tert-OH is 4. The van der Waals surface area contributed by atoms with Gasteiger partial charge in [0.05, 0.1) is 6.61 Å². The normalized spacial score (nSPS) is 35.2. The minimum Gasteiger partial charge on any atom is -0.394 e. The maximum atomic E-state index is 9.88. The van der Waals surface area contributed by atoms with Gasteiger partial charge in [0, 0.05) is 13.1 Å². The van der Waals surface area contributed by atoms with Crippen molar-refractivity contribution in [2.45, 2.75) is 43.7 Å². The SMILES string of the molecule is CCN(CC)C(=S)SC1OC(CO)[C@@H](O)C(O)[C@H]1O. The topological polar surface area (TPSA) is 93.4 Å². The zero-order valence-corrected chi connectivity index (χ0v) is 12.6. The lowest BCUT2D eigenvalue weighted by Crippen LogP contribution is -2.57. The molecule has 0 aromatic rings. The lowest BCUT2D eigenvalue weighted by Gasteiger charge is -2.40. The molecule has 1 aliphatic rings. The van der Waals surface area contributed by atoms with Crippen LogP contribution < -0.4 is 0 Å². The van der Waals surface area contributed by atoms with Gasteiger partial charge in [-0.05, 0) is 13.8 Å². The average molecular weight is 311 g/mol. The van der Waals surface area contributed by atoms with E-state index >= 15 is 0 Å². The maximum absolute atomic E-state index is 9.88. The van der Waals surface area contributed by atoms with Crippen LogP contribution in [-0.4, -0.2) is 79.2 Å². The molecule has 1 heterocycles. The van der Waals surface area contributed by atoms with Crippen LogP contribution in [0.2, 0.25) is 0 Å². The summed E-state index contributed by atoms with van der Waals surface area (Å²) in [4.78, 5) is 1.92. The van der Waals surface area contributed by atoms with Crippen LogP contribution in [0.4, 0.5) is 0 Å². The highest BCUT2D eigenvalue weighted by Crippen LogP contribution is 2.30. The monoisotopic (exact) mass is 311 g/mol. The lowest BCUT2D eigenvalue weighted by molar-refractivity contribution is -0.205. The smallest absolute Gasteiger partial charge is 0.139 e. The van der Waals surface area contributed by atoms with Gasteiger partial charge in [-0.15, -0.1) is 0 Å². The van der Waals surface area contributed by atoms with Crippen molar-refractivity contribution >= 4 is 28.3 Å². The third-order valence-electron chi connectivity index (χ3n) is 3.09. The summed E-state index contributed by atoms with van der Waals surface area (Å²) in [7, 11) is 0. The predicted molar refractivity (Wildman–Crippen MR) is 76.9 cm³/mol. The first-order valence-corrected chi connectivity index (χ1v) is 7.51. The van der Waals surface area contributed by atoms with E-state index in [1.807, 2.05) is 18.7 Å². The van der Waals surface area contributed by atoms with E-state index in [1.54, 1.807) is 0 Å². The fraction of sp³-hybridized carbons (Fsp3) is 0.909. The van der Waals surface area contributed by atoms with Crippen LogP contribution >= 0.6 is 24.0 Å². The number of nitrogens with zero attached hydrogens (tertiary/aromatic N) is 1. The first-order valence-electron chi connectivity index (χ1n) is 6.22. The average Bonchev–Trinajstić information content (AvgIpc) is 2.40. The number of thioether (sulfide) groups is 1. The molecular weight excluding hydrogens is 290 g/mol. The van der Waals surface area contributed by atoms with Gasteiger partial charge in [0.1, 0.15) is 34.2 Å². The van der Waals surface area contributed by atoms with E-state index in [2.05, 4.69) is 0 Å². The third kappa shape index (κ3) is 4.01. The Hall–Kier alpha value is 0.0400. The summed E-state index contributed by atoms with van der Waals surface area (Å²) in [5.41, 5.74) is -0.802. The zero-order chi connectivity index (χ0) is 14.6. The third-order valence-corrected chi connectivity index (χ3v) is 4.72.